The summed E-state index contributed by atoms with van der Waals surface area (Å²) in [6.45, 7) is 3.91. The van der Waals surface area contributed by atoms with Crippen molar-refractivity contribution in [3.63, 3.8) is 0 Å². The maximum Gasteiger partial charge on any atom is 0.232 e. The second-order valence-corrected chi connectivity index (χ2v) is 8.85. The number of aryl methyl sites for hydroxylation is 1. The number of pyridine rings is 1. The number of aromatic nitrogens is 5. The van der Waals surface area contributed by atoms with Crippen molar-refractivity contribution in [1.29, 1.82) is 0 Å². The zero-order valence-corrected chi connectivity index (χ0v) is 20.0. The smallest absolute Gasteiger partial charge is 0.232 e. The molecule has 1 aromatic carbocycles. The lowest BCUT2D eigenvalue weighted by Crippen LogP contribution is -2.50. The molecule has 2 aliphatic rings. The molecule has 1 amide bonds. The molecule has 3 aromatic rings. The standard InChI is InChI=1S/C23H28N8O2.ClH/c1-13-3-5-25-18(7-13)16-12-31-6-4-14-8-19(26-23(32)11-22-27-29-30-28-22)21(33-2)9-15(14)20(31)10-17(16)24;/h3,5,7-9,16-17,20H,4,6,10-12,24H2,1-2H3,(H,26,32)(H,27,28,29,30);1H. The summed E-state index contributed by atoms with van der Waals surface area (Å²) in [6.07, 6.45) is 3.68. The Kier molecular flexibility index (Phi) is 7.11. The van der Waals surface area contributed by atoms with Gasteiger partial charge in [0.25, 0.3) is 0 Å². The number of aromatic amines is 1. The molecule has 2 aliphatic heterocycles. The third-order valence-electron chi connectivity index (χ3n) is 6.68. The van der Waals surface area contributed by atoms with Crippen LogP contribution < -0.4 is 15.8 Å². The monoisotopic (exact) mass is 484 g/mol. The van der Waals surface area contributed by atoms with E-state index in [1.165, 1.54) is 16.7 Å². The summed E-state index contributed by atoms with van der Waals surface area (Å²) in [7, 11) is 1.62. The van der Waals surface area contributed by atoms with E-state index in [0.29, 0.717) is 17.3 Å². The van der Waals surface area contributed by atoms with E-state index in [-0.39, 0.29) is 42.7 Å². The zero-order valence-electron chi connectivity index (χ0n) is 19.2. The molecule has 3 unspecified atom stereocenters. The van der Waals surface area contributed by atoms with Gasteiger partial charge in [0.05, 0.1) is 19.2 Å². The van der Waals surface area contributed by atoms with Gasteiger partial charge in [-0.1, -0.05) is 0 Å². The Labute approximate surface area is 204 Å². The number of hydrogen-bond donors (Lipinski definition) is 3. The average Bonchev–Trinajstić information content (AvgIpc) is 3.31. The van der Waals surface area contributed by atoms with Crippen molar-refractivity contribution in [2.24, 2.45) is 5.73 Å². The molecule has 0 saturated carbocycles. The van der Waals surface area contributed by atoms with E-state index in [1.807, 2.05) is 18.3 Å². The van der Waals surface area contributed by atoms with E-state index in [4.69, 9.17) is 10.5 Å². The number of methoxy groups -OCH3 is 1. The number of H-pyrrole nitrogens is 1. The van der Waals surface area contributed by atoms with Crippen LogP contribution in [0.2, 0.25) is 0 Å². The Morgan fingerprint density at radius 1 is 1.35 bits per heavy atom. The Hall–Kier alpha value is -3.08. The predicted molar refractivity (Wildman–Crippen MR) is 129 cm³/mol. The number of nitrogens with zero attached hydrogens (tertiary/aromatic N) is 5. The third-order valence-corrected chi connectivity index (χ3v) is 6.68. The number of nitrogens with two attached hydrogens (primary N) is 1. The molecule has 0 radical (unpaired) electrons. The van der Waals surface area contributed by atoms with Crippen molar-refractivity contribution in [1.82, 2.24) is 30.5 Å². The van der Waals surface area contributed by atoms with Crippen LogP contribution in [0.5, 0.6) is 5.75 Å². The van der Waals surface area contributed by atoms with Crippen LogP contribution in [0.1, 0.15) is 46.6 Å². The van der Waals surface area contributed by atoms with Crippen molar-refractivity contribution >= 4 is 24.0 Å². The number of carbonyl (C=O) groups excluding carboxylic acids is 1. The van der Waals surface area contributed by atoms with Gasteiger partial charge < -0.3 is 15.8 Å². The minimum Gasteiger partial charge on any atom is -0.495 e. The van der Waals surface area contributed by atoms with Crippen LogP contribution in [0, 0.1) is 6.92 Å². The summed E-state index contributed by atoms with van der Waals surface area (Å²) < 4.78 is 5.64. The van der Waals surface area contributed by atoms with Gasteiger partial charge in [-0.15, -0.1) is 17.5 Å². The average molecular weight is 485 g/mol. The number of ether oxygens (including phenoxy) is 1. The van der Waals surface area contributed by atoms with Gasteiger partial charge in [-0.25, -0.2) is 5.10 Å². The number of anilines is 1. The number of hydrogen-bond acceptors (Lipinski definition) is 8. The van der Waals surface area contributed by atoms with E-state index in [0.717, 1.165) is 31.6 Å². The summed E-state index contributed by atoms with van der Waals surface area (Å²) in [4.78, 5) is 19.6. The molecule has 34 heavy (non-hydrogen) atoms. The van der Waals surface area contributed by atoms with Gasteiger partial charge in [-0.3, -0.25) is 14.7 Å². The fourth-order valence-corrected chi connectivity index (χ4v) is 5.03. The van der Waals surface area contributed by atoms with Crippen molar-refractivity contribution in [3.05, 3.63) is 58.7 Å². The highest BCUT2D eigenvalue weighted by Gasteiger charge is 2.39. The number of rotatable bonds is 5. The summed E-state index contributed by atoms with van der Waals surface area (Å²) in [5.74, 6) is 1.05. The minimum absolute atomic E-state index is 0. The number of fused-ring (bicyclic) bond motifs is 3. The van der Waals surface area contributed by atoms with Crippen molar-refractivity contribution in [3.8, 4) is 5.75 Å². The molecule has 11 heteroatoms. The maximum absolute atomic E-state index is 12.5. The summed E-state index contributed by atoms with van der Waals surface area (Å²) >= 11 is 0. The lowest BCUT2D eigenvalue weighted by Gasteiger charge is -2.46. The number of benzene rings is 1. The Morgan fingerprint density at radius 3 is 2.94 bits per heavy atom. The molecule has 180 valence electrons. The molecular formula is C23H29ClN8O2. The first-order valence-electron chi connectivity index (χ1n) is 11.2. The SMILES string of the molecule is COc1cc2c(cc1NC(=O)Cc1nnn[nH]1)CCN1CC(c3cc(C)ccn3)C(N)CC21.Cl. The van der Waals surface area contributed by atoms with Crippen LogP contribution in [0.4, 0.5) is 5.69 Å². The first kappa shape index (κ1) is 24.1. The Bertz CT molecular complexity index is 1160. The fourth-order valence-electron chi connectivity index (χ4n) is 5.03. The summed E-state index contributed by atoms with van der Waals surface area (Å²) in [6, 6.07) is 8.49. The lowest BCUT2D eigenvalue weighted by atomic mass is 9.79. The number of halogens is 1. The molecule has 1 fully saturated rings. The quantitative estimate of drug-likeness (QED) is 0.500. The Morgan fingerprint density at radius 2 is 2.21 bits per heavy atom. The lowest BCUT2D eigenvalue weighted by molar-refractivity contribution is -0.115. The van der Waals surface area contributed by atoms with Crippen molar-refractivity contribution in [2.45, 2.75) is 44.2 Å². The highest BCUT2D eigenvalue weighted by atomic mass is 35.5. The largest absolute Gasteiger partial charge is 0.495 e. The van der Waals surface area contributed by atoms with Crippen LogP contribution in [0.3, 0.4) is 0 Å². The molecule has 10 nitrogen and oxygen atoms in total. The van der Waals surface area contributed by atoms with Crippen LogP contribution >= 0.6 is 12.4 Å². The van der Waals surface area contributed by atoms with Crippen molar-refractivity contribution in [2.75, 3.05) is 25.5 Å². The Balaban J connectivity index is 0.00000274. The van der Waals surface area contributed by atoms with Gasteiger partial charge in [-0.05, 0) is 71.1 Å². The molecular weight excluding hydrogens is 456 g/mol. The second kappa shape index (κ2) is 10.0. The van der Waals surface area contributed by atoms with Gasteiger partial charge in [-0.2, -0.15) is 0 Å². The summed E-state index contributed by atoms with van der Waals surface area (Å²) in [5, 5.41) is 16.3. The number of carbonyl (C=O) groups is 1. The number of tetrazole rings is 1. The zero-order chi connectivity index (χ0) is 22.9. The van der Waals surface area contributed by atoms with Gasteiger partial charge >= 0.3 is 0 Å². The van der Waals surface area contributed by atoms with E-state index in [1.54, 1.807) is 7.11 Å². The van der Waals surface area contributed by atoms with Crippen LogP contribution in [-0.4, -0.2) is 62.7 Å². The van der Waals surface area contributed by atoms with E-state index >= 15 is 0 Å². The van der Waals surface area contributed by atoms with Crippen LogP contribution in [-0.2, 0) is 17.6 Å². The van der Waals surface area contributed by atoms with Gasteiger partial charge in [0.15, 0.2) is 5.82 Å². The first-order chi connectivity index (χ1) is 16.0. The molecule has 4 heterocycles. The van der Waals surface area contributed by atoms with Crippen molar-refractivity contribution < 1.29 is 9.53 Å². The van der Waals surface area contributed by atoms with Crippen LogP contribution in [0.15, 0.2) is 30.5 Å². The minimum atomic E-state index is -0.211. The topological polar surface area (TPSA) is 135 Å². The number of piperidine rings is 1. The van der Waals surface area contributed by atoms with Gasteiger partial charge in [0.2, 0.25) is 5.91 Å². The third kappa shape index (κ3) is 4.75. The predicted octanol–water partition coefficient (Wildman–Crippen LogP) is 1.93. The van der Waals surface area contributed by atoms with E-state index in [9.17, 15) is 4.79 Å². The molecule has 4 N–H and O–H groups in total. The molecule has 0 spiro atoms. The van der Waals surface area contributed by atoms with E-state index < -0.39 is 0 Å². The van der Waals surface area contributed by atoms with E-state index in [2.05, 4.69) is 54.9 Å². The molecule has 1 saturated heterocycles. The first-order valence-corrected chi connectivity index (χ1v) is 11.2. The molecule has 0 aliphatic carbocycles. The maximum atomic E-state index is 12.5. The normalized spacial score (nSPS) is 21.7. The second-order valence-electron chi connectivity index (χ2n) is 8.85. The van der Waals surface area contributed by atoms with Gasteiger partial charge in [0, 0.05) is 43.0 Å². The molecule has 5 rings (SSSR count). The highest BCUT2D eigenvalue weighted by molar-refractivity contribution is 5.93. The van der Waals surface area contributed by atoms with Gasteiger partial charge in [0.1, 0.15) is 5.75 Å². The molecule has 2 aromatic heterocycles. The highest BCUT2D eigenvalue weighted by Crippen LogP contribution is 2.43. The molecule has 0 bridgehead atoms. The van der Waals surface area contributed by atoms with Crippen LogP contribution in [0.25, 0.3) is 0 Å². The fraction of sp³-hybridized carbons (Fsp3) is 0.435. The number of amides is 1. The molecule has 3 atom stereocenters. The summed E-state index contributed by atoms with van der Waals surface area (Å²) in [5.41, 5.74) is 12.1. The number of nitrogens with one attached hydrogen (secondary N) is 2.